The molecule has 3 heteroatoms. The topological polar surface area (TPSA) is 9.23 Å². The number of halogens is 1. The molecule has 0 fully saturated rings. The van der Waals surface area contributed by atoms with E-state index in [0.717, 1.165) is 5.75 Å². The second-order valence-corrected chi connectivity index (χ2v) is 1.44. The predicted molar refractivity (Wildman–Crippen MR) is 40.8 cm³/mol. The molecule has 0 aliphatic heterocycles. The van der Waals surface area contributed by atoms with Crippen molar-refractivity contribution in [1.29, 1.82) is 0 Å². The predicted octanol–water partition coefficient (Wildman–Crippen LogP) is 2.34. The molecule has 0 aliphatic rings. The van der Waals surface area contributed by atoms with Crippen molar-refractivity contribution in [3.63, 3.8) is 0 Å². The third kappa shape index (κ3) is 4.02. The van der Waals surface area contributed by atoms with Gasteiger partial charge in [0.2, 0.25) is 0 Å². The van der Waals surface area contributed by atoms with Gasteiger partial charge in [0, 0.05) is 5.75 Å². The van der Waals surface area contributed by atoms with Crippen molar-refractivity contribution in [2.75, 3.05) is 7.11 Å². The van der Waals surface area contributed by atoms with E-state index in [1.807, 2.05) is 24.3 Å². The minimum atomic E-state index is 0.878. The van der Waals surface area contributed by atoms with Crippen LogP contribution in [0.2, 0.25) is 0 Å². The molecule has 0 N–H and O–H groups in total. The van der Waals surface area contributed by atoms with Crippen molar-refractivity contribution < 1.29 is 21.1 Å². The normalized spacial score (nSPS) is 7.60. The summed E-state index contributed by atoms with van der Waals surface area (Å²) in [6.45, 7) is 0. The molecule has 0 saturated heterocycles. The maximum atomic E-state index is 4.89. The second kappa shape index (κ2) is 7.23. The van der Waals surface area contributed by atoms with Crippen LogP contribution in [0, 0.1) is 6.07 Å². The van der Waals surface area contributed by atoms with Gasteiger partial charge in [-0.15, -0.1) is 12.1 Å². The summed E-state index contributed by atoms with van der Waals surface area (Å²) < 4.78 is 4.89. The Labute approximate surface area is 77.8 Å². The number of methoxy groups -OCH3 is 1. The van der Waals surface area contributed by atoms with Crippen molar-refractivity contribution in [2.24, 2.45) is 0 Å². The van der Waals surface area contributed by atoms with Gasteiger partial charge >= 0.3 is 30.0 Å². The Kier molecular flexibility index (Phi) is 7.32. The van der Waals surface area contributed by atoms with Gasteiger partial charge in [-0.3, -0.25) is 0 Å². The zero-order valence-corrected chi connectivity index (χ0v) is 10.4. The number of hydrogen-bond donors (Lipinski definition) is 0. The van der Waals surface area contributed by atoms with Crippen molar-refractivity contribution in [1.82, 2.24) is 0 Å². The van der Waals surface area contributed by atoms with E-state index in [-0.39, 0.29) is 0 Å². The Morgan fingerprint density at radius 3 is 2.20 bits per heavy atom. The summed E-state index contributed by atoms with van der Waals surface area (Å²) >= 11 is 4.25. The fraction of sp³-hybridized carbons (Fsp3) is 0.143. The third-order valence-electron chi connectivity index (χ3n) is 0.923. The summed E-state index contributed by atoms with van der Waals surface area (Å²) in [5.74, 6) is 0.878. The van der Waals surface area contributed by atoms with Crippen LogP contribution in [0.4, 0.5) is 0 Å². The van der Waals surface area contributed by atoms with Gasteiger partial charge in [0.25, 0.3) is 0 Å². The molecular formula is C7H7BrOZn. The van der Waals surface area contributed by atoms with Crippen LogP contribution < -0.4 is 4.74 Å². The molecule has 0 bridgehead atoms. The van der Waals surface area contributed by atoms with Crippen LogP contribution in [0.15, 0.2) is 24.3 Å². The van der Waals surface area contributed by atoms with Gasteiger partial charge in [0.05, 0.1) is 7.11 Å². The van der Waals surface area contributed by atoms with Crippen LogP contribution in [0.3, 0.4) is 0 Å². The fourth-order valence-corrected chi connectivity index (χ4v) is 0.508. The number of hydrogen-bond acceptors (Lipinski definition) is 1. The maximum absolute atomic E-state index is 4.89. The average Bonchev–Trinajstić information content (AvgIpc) is 2.10. The van der Waals surface area contributed by atoms with E-state index in [1.54, 1.807) is 7.11 Å². The van der Waals surface area contributed by atoms with Crippen LogP contribution in [0.25, 0.3) is 0 Å². The van der Waals surface area contributed by atoms with Crippen LogP contribution in [-0.2, 0) is 16.3 Å². The summed E-state index contributed by atoms with van der Waals surface area (Å²) in [6, 6.07) is 10.2. The first-order chi connectivity index (χ1) is 4.93. The molecule has 1 aromatic rings. The summed E-state index contributed by atoms with van der Waals surface area (Å²) in [4.78, 5) is 0. The van der Waals surface area contributed by atoms with Crippen molar-refractivity contribution >= 4 is 13.6 Å². The first kappa shape index (κ1) is 10.1. The van der Waals surface area contributed by atoms with Gasteiger partial charge in [-0.2, -0.15) is 18.2 Å². The van der Waals surface area contributed by atoms with Crippen LogP contribution in [0.5, 0.6) is 5.75 Å². The van der Waals surface area contributed by atoms with E-state index in [2.05, 4.69) is 19.7 Å². The Morgan fingerprint density at radius 2 is 1.90 bits per heavy atom. The molecule has 1 aromatic carbocycles. The molecule has 10 heavy (non-hydrogen) atoms. The summed E-state index contributed by atoms with van der Waals surface area (Å²) in [6.07, 6.45) is 0. The molecule has 0 spiro atoms. The van der Waals surface area contributed by atoms with E-state index < -0.39 is 0 Å². The zero-order valence-electron chi connectivity index (χ0n) is 5.80. The molecule has 0 saturated carbocycles. The molecule has 50 valence electrons. The van der Waals surface area contributed by atoms with Crippen molar-refractivity contribution in [2.45, 2.75) is 0 Å². The summed E-state index contributed by atoms with van der Waals surface area (Å²) in [7, 11) is 1.65. The van der Waals surface area contributed by atoms with Crippen LogP contribution in [-0.4, -0.2) is 7.11 Å². The molecule has 1 rings (SSSR count). The zero-order chi connectivity index (χ0) is 7.82. The Bertz CT molecular complexity index is 155. The molecule has 0 atom stereocenters. The second-order valence-electron chi connectivity index (χ2n) is 1.44. The molecule has 0 aromatic heterocycles. The van der Waals surface area contributed by atoms with Gasteiger partial charge in [0.1, 0.15) is 0 Å². The first-order valence-electron chi connectivity index (χ1n) is 2.70. The first-order valence-corrected chi connectivity index (χ1v) is 9.65. The molecule has 0 aliphatic carbocycles. The van der Waals surface area contributed by atoms with Crippen molar-refractivity contribution in [3.8, 4) is 5.75 Å². The Balaban J connectivity index is 0.000000371. The standard InChI is InChI=1S/C7H7O.BrH.Zn/c1-8-7-5-3-2-4-6-7;;/h3-6H,1H3;1H;/q-1;;+2/p-1. The molecule has 0 radical (unpaired) electrons. The number of rotatable bonds is 1. The SMILES string of the molecule is COc1cc[c-]cc1.[Zn+][Br]. The quantitative estimate of drug-likeness (QED) is 0.551. The summed E-state index contributed by atoms with van der Waals surface area (Å²) in [5, 5.41) is 0. The third-order valence-corrected chi connectivity index (χ3v) is 0.923. The van der Waals surface area contributed by atoms with Crippen LogP contribution >= 0.6 is 13.6 Å². The van der Waals surface area contributed by atoms with E-state index in [0.29, 0.717) is 0 Å². The van der Waals surface area contributed by atoms with Gasteiger partial charge in [-0.25, -0.2) is 0 Å². The van der Waals surface area contributed by atoms with Gasteiger partial charge in [0.15, 0.2) is 0 Å². The number of benzene rings is 1. The van der Waals surface area contributed by atoms with Crippen molar-refractivity contribution in [3.05, 3.63) is 30.3 Å². The van der Waals surface area contributed by atoms with Gasteiger partial charge in [-0.05, 0) is 0 Å². The molecule has 0 amide bonds. The van der Waals surface area contributed by atoms with Crippen LogP contribution in [0.1, 0.15) is 0 Å². The monoisotopic (exact) mass is 250 g/mol. The molecule has 0 unspecified atom stereocenters. The van der Waals surface area contributed by atoms with Gasteiger partial charge < -0.3 is 4.74 Å². The van der Waals surface area contributed by atoms with E-state index in [9.17, 15) is 0 Å². The fourth-order valence-electron chi connectivity index (χ4n) is 0.508. The Morgan fingerprint density at radius 1 is 1.40 bits per heavy atom. The Hall–Kier alpha value is 0.123. The molecule has 1 nitrogen and oxygen atoms in total. The van der Waals surface area contributed by atoms with E-state index in [1.165, 1.54) is 16.3 Å². The number of ether oxygens (including phenoxy) is 1. The summed E-state index contributed by atoms with van der Waals surface area (Å²) in [5.41, 5.74) is 0. The molecular weight excluding hydrogens is 245 g/mol. The van der Waals surface area contributed by atoms with E-state index in [4.69, 9.17) is 4.74 Å². The molecule has 0 heterocycles. The van der Waals surface area contributed by atoms with E-state index >= 15 is 0 Å². The minimum absolute atomic E-state index is 0.878. The average molecular weight is 252 g/mol. The van der Waals surface area contributed by atoms with Gasteiger partial charge in [-0.1, -0.05) is 0 Å².